The first-order chi connectivity index (χ1) is 2.81. The Labute approximate surface area is 42.0 Å². The topological polar surface area (TPSA) is 0 Å². The lowest BCUT2D eigenvalue weighted by Gasteiger charge is -1.88. The lowest BCUT2D eigenvalue weighted by molar-refractivity contribution is 1.40. The van der Waals surface area contributed by atoms with Crippen LogP contribution in [0.1, 0.15) is 0 Å². The van der Waals surface area contributed by atoms with Gasteiger partial charge in [-0.1, -0.05) is 12.2 Å². The van der Waals surface area contributed by atoms with Gasteiger partial charge >= 0.3 is 0 Å². The van der Waals surface area contributed by atoms with Crippen molar-refractivity contribution < 1.29 is 0 Å². The number of hydrogen-bond acceptors (Lipinski definition) is 0. The predicted molar refractivity (Wildman–Crippen MR) is 34.1 cm³/mol. The fourth-order valence-corrected chi connectivity index (χ4v) is 0.0962. The molecule has 1 heteroatoms. The van der Waals surface area contributed by atoms with E-state index in [0.717, 1.165) is 10.2 Å². The molecule has 0 aromatic carbocycles. The standard InChI is InChI=1S/C5H10Si/c1-3-5(6)4-2/h3-5H,1-2H2,6H3. The molecule has 0 saturated heterocycles. The van der Waals surface area contributed by atoms with Crippen molar-refractivity contribution in [3.05, 3.63) is 25.3 Å². The molecule has 0 rings (SSSR count). The largest absolute Gasteiger partial charge is 0.103 e. The zero-order valence-electron chi connectivity index (χ0n) is 4.15. The third-order valence-corrected chi connectivity index (χ3v) is 1.69. The molecule has 0 fully saturated rings. The first kappa shape index (κ1) is 5.70. The molecule has 34 valence electrons. The van der Waals surface area contributed by atoms with Crippen LogP contribution in [0.4, 0.5) is 0 Å². The number of rotatable bonds is 2. The third-order valence-electron chi connectivity index (χ3n) is 0.744. The highest BCUT2D eigenvalue weighted by atomic mass is 28.1. The highest BCUT2D eigenvalue weighted by molar-refractivity contribution is 6.14. The van der Waals surface area contributed by atoms with Gasteiger partial charge in [0.1, 0.15) is 0 Å². The van der Waals surface area contributed by atoms with Crippen molar-refractivity contribution in [2.75, 3.05) is 0 Å². The van der Waals surface area contributed by atoms with Gasteiger partial charge in [0, 0.05) is 10.2 Å². The molecule has 0 aliphatic rings. The van der Waals surface area contributed by atoms with Crippen molar-refractivity contribution in [2.24, 2.45) is 0 Å². The normalized spacial score (nSPS) is 8.83. The zero-order chi connectivity index (χ0) is 4.99. The van der Waals surface area contributed by atoms with Crippen LogP contribution in [0.2, 0.25) is 5.54 Å². The van der Waals surface area contributed by atoms with Gasteiger partial charge in [0.15, 0.2) is 0 Å². The minimum absolute atomic E-state index is 0.602. The van der Waals surface area contributed by atoms with Gasteiger partial charge in [0.25, 0.3) is 0 Å². The molecule has 0 amide bonds. The van der Waals surface area contributed by atoms with E-state index in [9.17, 15) is 0 Å². The van der Waals surface area contributed by atoms with Crippen molar-refractivity contribution in [1.29, 1.82) is 0 Å². The van der Waals surface area contributed by atoms with Crippen LogP contribution in [0.3, 0.4) is 0 Å². The van der Waals surface area contributed by atoms with E-state index in [1.807, 2.05) is 12.2 Å². The van der Waals surface area contributed by atoms with Crippen molar-refractivity contribution in [1.82, 2.24) is 0 Å². The average Bonchev–Trinajstić information content (AvgIpc) is 1.65. The average molecular weight is 98.2 g/mol. The van der Waals surface area contributed by atoms with E-state index in [1.165, 1.54) is 0 Å². The Morgan fingerprint density at radius 2 is 1.67 bits per heavy atom. The monoisotopic (exact) mass is 98.1 g/mol. The SMILES string of the molecule is C=CC([SiH3])C=C. The van der Waals surface area contributed by atoms with Crippen molar-refractivity contribution in [2.45, 2.75) is 5.54 Å². The first-order valence-electron chi connectivity index (χ1n) is 2.06. The summed E-state index contributed by atoms with van der Waals surface area (Å²) in [6.07, 6.45) is 3.83. The van der Waals surface area contributed by atoms with Crippen LogP contribution >= 0.6 is 0 Å². The summed E-state index contributed by atoms with van der Waals surface area (Å²) in [6, 6.07) is 0. The Morgan fingerprint density at radius 1 is 1.33 bits per heavy atom. The molecule has 0 radical (unpaired) electrons. The van der Waals surface area contributed by atoms with Gasteiger partial charge in [-0.05, 0) is 5.54 Å². The van der Waals surface area contributed by atoms with Gasteiger partial charge < -0.3 is 0 Å². The quantitative estimate of drug-likeness (QED) is 0.349. The Bertz CT molecular complexity index is 49.0. The molecular weight excluding hydrogens is 88.1 g/mol. The third kappa shape index (κ3) is 1.97. The molecular formula is C5H10Si. The van der Waals surface area contributed by atoms with Crippen LogP contribution in [-0.4, -0.2) is 10.2 Å². The van der Waals surface area contributed by atoms with E-state index in [4.69, 9.17) is 0 Å². The van der Waals surface area contributed by atoms with Crippen LogP contribution < -0.4 is 0 Å². The maximum atomic E-state index is 3.59. The maximum Gasteiger partial charge on any atom is 0.0162 e. The van der Waals surface area contributed by atoms with E-state index < -0.39 is 0 Å². The molecule has 0 atom stereocenters. The molecule has 0 saturated carbocycles. The summed E-state index contributed by atoms with van der Waals surface area (Å²) in [5.41, 5.74) is 0.602. The van der Waals surface area contributed by atoms with Gasteiger partial charge in [-0.2, -0.15) is 0 Å². The summed E-state index contributed by atoms with van der Waals surface area (Å²) in [4.78, 5) is 0. The molecule has 0 spiro atoms. The van der Waals surface area contributed by atoms with Crippen LogP contribution in [0.5, 0.6) is 0 Å². The Kier molecular flexibility index (Phi) is 2.76. The predicted octanol–water partition coefficient (Wildman–Crippen LogP) is 0.512. The van der Waals surface area contributed by atoms with E-state index in [1.54, 1.807) is 0 Å². The molecule has 0 nitrogen and oxygen atoms in total. The van der Waals surface area contributed by atoms with Gasteiger partial charge in [0.2, 0.25) is 0 Å². The van der Waals surface area contributed by atoms with Crippen LogP contribution in [-0.2, 0) is 0 Å². The van der Waals surface area contributed by atoms with Crippen LogP contribution in [0, 0.1) is 0 Å². The molecule has 0 aromatic heterocycles. The highest BCUT2D eigenvalue weighted by Crippen LogP contribution is 1.96. The van der Waals surface area contributed by atoms with E-state index in [2.05, 4.69) is 13.2 Å². The lowest BCUT2D eigenvalue weighted by atomic mass is 10.4. The summed E-state index contributed by atoms with van der Waals surface area (Å²) in [5, 5.41) is 0. The molecule has 0 aromatic rings. The minimum atomic E-state index is 0.602. The Hall–Kier alpha value is -0.303. The van der Waals surface area contributed by atoms with E-state index >= 15 is 0 Å². The summed E-state index contributed by atoms with van der Waals surface area (Å²) in [5.74, 6) is 0. The van der Waals surface area contributed by atoms with Crippen molar-refractivity contribution in [3.63, 3.8) is 0 Å². The highest BCUT2D eigenvalue weighted by Gasteiger charge is 1.79. The summed E-state index contributed by atoms with van der Waals surface area (Å²) >= 11 is 0. The molecule has 6 heavy (non-hydrogen) atoms. The zero-order valence-corrected chi connectivity index (χ0v) is 6.15. The molecule has 0 unspecified atom stereocenters. The van der Waals surface area contributed by atoms with Gasteiger partial charge in [0.05, 0.1) is 0 Å². The molecule has 0 bridgehead atoms. The van der Waals surface area contributed by atoms with Gasteiger partial charge in [-0.15, -0.1) is 13.2 Å². The smallest absolute Gasteiger partial charge is 0.0162 e. The number of hydrogen-bond donors (Lipinski definition) is 0. The summed E-state index contributed by atoms with van der Waals surface area (Å²) < 4.78 is 0. The second kappa shape index (κ2) is 2.91. The summed E-state index contributed by atoms with van der Waals surface area (Å²) in [6.45, 7) is 7.19. The molecule has 0 N–H and O–H groups in total. The van der Waals surface area contributed by atoms with Crippen LogP contribution in [0.25, 0.3) is 0 Å². The van der Waals surface area contributed by atoms with Gasteiger partial charge in [-0.3, -0.25) is 0 Å². The summed E-state index contributed by atoms with van der Waals surface area (Å²) in [7, 11) is 1.15. The Balaban J connectivity index is 3.21. The second-order valence-electron chi connectivity index (χ2n) is 1.33. The Morgan fingerprint density at radius 3 is 1.67 bits per heavy atom. The lowest BCUT2D eigenvalue weighted by Crippen LogP contribution is -1.74. The molecule has 0 aliphatic carbocycles. The number of allylic oxidation sites excluding steroid dienone is 2. The van der Waals surface area contributed by atoms with Crippen molar-refractivity contribution in [3.8, 4) is 0 Å². The van der Waals surface area contributed by atoms with Crippen LogP contribution in [0.15, 0.2) is 25.3 Å². The van der Waals surface area contributed by atoms with E-state index in [0.29, 0.717) is 5.54 Å². The van der Waals surface area contributed by atoms with E-state index in [-0.39, 0.29) is 0 Å². The van der Waals surface area contributed by atoms with Gasteiger partial charge in [-0.25, -0.2) is 0 Å². The fraction of sp³-hybridized carbons (Fsp3) is 0.200. The second-order valence-corrected chi connectivity index (χ2v) is 2.66. The first-order valence-corrected chi connectivity index (χ1v) is 3.22. The molecule has 0 heterocycles. The fourth-order valence-electron chi connectivity index (χ4n) is 0.0962. The maximum absolute atomic E-state index is 3.59. The molecule has 0 aliphatic heterocycles. The minimum Gasteiger partial charge on any atom is -0.103 e. The van der Waals surface area contributed by atoms with Crippen molar-refractivity contribution >= 4 is 10.2 Å².